The first kappa shape index (κ1) is 48.2. The molecule has 2 atom stereocenters. The van der Waals surface area contributed by atoms with E-state index >= 15 is 0 Å². The van der Waals surface area contributed by atoms with Gasteiger partial charge < -0.3 is 46.7 Å². The van der Waals surface area contributed by atoms with E-state index in [1.165, 1.54) is 25.7 Å². The van der Waals surface area contributed by atoms with Crippen LogP contribution in [0.1, 0.15) is 90.9 Å². The van der Waals surface area contributed by atoms with Crippen LogP contribution >= 0.6 is 0 Å². The molecule has 0 aromatic carbocycles. The third kappa shape index (κ3) is 22.7. The fraction of sp³-hybridized carbons (Fsp3) is 0.875. The van der Waals surface area contributed by atoms with Gasteiger partial charge in [-0.15, -0.1) is 0 Å². The number of ether oxygens (including phenoxy) is 2. The summed E-state index contributed by atoms with van der Waals surface area (Å²) in [6, 6.07) is 1.22. The molecule has 0 spiro atoms. The molecule has 0 fully saturated rings. The minimum atomic E-state index is -2.64. The van der Waals surface area contributed by atoms with Crippen LogP contribution in [0, 0.1) is 11.8 Å². The van der Waals surface area contributed by atoms with Crippen LogP contribution in [0.4, 0.5) is 0 Å². The van der Waals surface area contributed by atoms with E-state index in [9.17, 15) is 19.2 Å². The molecular weight excluding hydrogens is 661 g/mol. The topological polar surface area (TPSA) is 166 Å². The summed E-state index contributed by atoms with van der Waals surface area (Å²) >= 11 is 0. The molecule has 0 rings (SSSR count). The Hall–Kier alpha value is -1.93. The van der Waals surface area contributed by atoms with Crippen LogP contribution in [-0.2, 0) is 55.2 Å². The summed E-state index contributed by atoms with van der Waals surface area (Å²) < 4.78 is 41.8. The molecule has 0 aliphatic heterocycles. The van der Waals surface area contributed by atoms with Crippen LogP contribution in [-0.4, -0.2) is 111 Å². The molecule has 2 amide bonds. The van der Waals surface area contributed by atoms with Crippen LogP contribution in [0.3, 0.4) is 0 Å². The van der Waals surface area contributed by atoms with Crippen molar-refractivity contribution in [3.8, 4) is 0 Å². The summed E-state index contributed by atoms with van der Waals surface area (Å²) in [5.41, 5.74) is 0. The first-order chi connectivity index (χ1) is 23.2. The van der Waals surface area contributed by atoms with Gasteiger partial charge in [0, 0.05) is 67.8 Å². The fourth-order valence-corrected chi connectivity index (χ4v) is 8.43. The molecule has 0 aromatic heterocycles. The highest BCUT2D eigenvalue weighted by Crippen LogP contribution is 2.21. The molecule has 0 radical (unpaired) electrons. The second kappa shape index (κ2) is 32.3. The predicted molar refractivity (Wildman–Crippen MR) is 187 cm³/mol. The van der Waals surface area contributed by atoms with Crippen LogP contribution in [0.25, 0.3) is 0 Å². The Morgan fingerprint density at radius 2 is 0.896 bits per heavy atom. The van der Waals surface area contributed by atoms with Gasteiger partial charge in [-0.3, -0.25) is 19.2 Å². The first-order valence-corrected chi connectivity index (χ1v) is 21.0. The normalized spacial score (nSPS) is 12.7. The van der Waals surface area contributed by atoms with Gasteiger partial charge in [0.15, 0.2) is 0 Å². The molecule has 0 aromatic rings. The van der Waals surface area contributed by atoms with E-state index in [1.54, 1.807) is 42.7 Å². The monoisotopic (exact) mass is 726 g/mol. The smallest absolute Gasteiger partial charge is 0.467 e. The molecule has 0 aliphatic rings. The largest absolute Gasteiger partial charge is 0.500 e. The maximum absolute atomic E-state index is 12.4. The Bertz CT molecular complexity index is 789. The Balaban J connectivity index is 0. The lowest BCUT2D eigenvalue weighted by Crippen LogP contribution is -2.43. The van der Waals surface area contributed by atoms with Crippen molar-refractivity contribution in [1.29, 1.82) is 0 Å². The molecule has 14 nitrogen and oxygen atoms in total. The molecule has 16 heteroatoms. The van der Waals surface area contributed by atoms with E-state index in [0.717, 1.165) is 25.7 Å². The van der Waals surface area contributed by atoms with Crippen molar-refractivity contribution >= 4 is 42.4 Å². The molecule has 0 saturated heterocycles. The molecule has 2 N–H and O–H groups in total. The molecule has 0 heterocycles. The van der Waals surface area contributed by atoms with Crippen molar-refractivity contribution in [2.45, 2.75) is 103 Å². The zero-order valence-corrected chi connectivity index (χ0v) is 32.9. The highest BCUT2D eigenvalue weighted by molar-refractivity contribution is 6.60. The summed E-state index contributed by atoms with van der Waals surface area (Å²) in [7, 11) is 4.12. The second-order valence-electron chi connectivity index (χ2n) is 11.3. The maximum Gasteiger partial charge on any atom is 0.500 e. The standard InChI is InChI=1S/C18H37NO6Si.C14H29NO6Si/c1-5-6-7-8-9-10-13-19-18(21)17(15-25-16-20)12-11-14-26(22-2,23-3)24-4;1-5-6-9-15-14(17)13(11-21-12-16)8-7-10-22(18-2,19-3)20-4/h16-17H,5-15H2,1-4H3,(H,19,21);12-13H,5-11H2,1-4H3,(H,15,17). The number of unbranched alkanes of at least 4 members (excludes halogenated alkanes) is 6. The van der Waals surface area contributed by atoms with E-state index < -0.39 is 17.6 Å². The molecule has 284 valence electrons. The number of nitrogens with one attached hydrogen (secondary N) is 2. The van der Waals surface area contributed by atoms with Gasteiger partial charge in [-0.25, -0.2) is 0 Å². The Morgan fingerprint density at radius 1 is 0.542 bits per heavy atom. The van der Waals surface area contributed by atoms with Crippen molar-refractivity contribution in [3.05, 3.63) is 0 Å². The van der Waals surface area contributed by atoms with Gasteiger partial charge in [0.25, 0.3) is 12.9 Å². The lowest BCUT2D eigenvalue weighted by Gasteiger charge is -2.25. The fourth-order valence-electron chi connectivity index (χ4n) is 4.93. The third-order valence-electron chi connectivity index (χ3n) is 8.07. The van der Waals surface area contributed by atoms with Crippen molar-refractivity contribution in [2.24, 2.45) is 11.8 Å². The van der Waals surface area contributed by atoms with E-state index in [0.29, 0.717) is 63.8 Å². The number of hydrogen-bond acceptors (Lipinski definition) is 12. The SMILES string of the molecule is CCCCCCCCNC(=O)C(CCC[Si](OC)(OC)OC)COC=O.CCCCNC(=O)C(CCC[Si](OC)(OC)OC)COC=O. The predicted octanol–water partition coefficient (Wildman–Crippen LogP) is 4.26. The number of amides is 2. The van der Waals surface area contributed by atoms with Crippen molar-refractivity contribution in [1.82, 2.24) is 10.6 Å². The number of carbonyl (C=O) groups excluding carboxylic acids is 4. The van der Waals surface area contributed by atoms with Crippen LogP contribution < -0.4 is 10.6 Å². The zero-order chi connectivity index (χ0) is 36.5. The minimum Gasteiger partial charge on any atom is -0.467 e. The quantitative estimate of drug-likeness (QED) is 0.0576. The summed E-state index contributed by atoms with van der Waals surface area (Å²) in [4.78, 5) is 45.3. The lowest BCUT2D eigenvalue weighted by atomic mass is 10.0. The summed E-state index contributed by atoms with van der Waals surface area (Å²) in [6.07, 6.45) is 11.6. The van der Waals surface area contributed by atoms with Crippen molar-refractivity contribution in [3.63, 3.8) is 0 Å². The molecule has 0 saturated carbocycles. The van der Waals surface area contributed by atoms with Gasteiger partial charge in [-0.05, 0) is 38.5 Å². The van der Waals surface area contributed by atoms with Gasteiger partial charge in [0.05, 0.1) is 11.8 Å². The van der Waals surface area contributed by atoms with Crippen LogP contribution in [0.5, 0.6) is 0 Å². The van der Waals surface area contributed by atoms with Gasteiger partial charge in [0.2, 0.25) is 11.8 Å². The van der Waals surface area contributed by atoms with Gasteiger partial charge in [-0.2, -0.15) is 0 Å². The number of hydrogen-bond donors (Lipinski definition) is 2. The molecule has 48 heavy (non-hydrogen) atoms. The van der Waals surface area contributed by atoms with Gasteiger partial charge >= 0.3 is 17.6 Å². The highest BCUT2D eigenvalue weighted by atomic mass is 28.4. The maximum atomic E-state index is 12.4. The Labute approximate surface area is 291 Å². The van der Waals surface area contributed by atoms with E-state index in [4.69, 9.17) is 36.0 Å². The number of carbonyl (C=O) groups is 4. The van der Waals surface area contributed by atoms with Crippen molar-refractivity contribution < 1.29 is 55.2 Å². The Morgan fingerprint density at radius 3 is 1.25 bits per heavy atom. The summed E-state index contributed by atoms with van der Waals surface area (Å²) in [5, 5.41) is 5.82. The molecular formula is C32H66N2O12Si2. The highest BCUT2D eigenvalue weighted by Gasteiger charge is 2.38. The molecule has 0 aliphatic carbocycles. The average Bonchev–Trinajstić information content (AvgIpc) is 3.11. The number of rotatable bonds is 32. The van der Waals surface area contributed by atoms with Crippen molar-refractivity contribution in [2.75, 3.05) is 69.0 Å². The summed E-state index contributed by atoms with van der Waals surface area (Å²) in [6.45, 7) is 6.48. The second-order valence-corrected chi connectivity index (χ2v) is 17.5. The van der Waals surface area contributed by atoms with Gasteiger partial charge in [-0.1, -0.05) is 52.4 Å². The average molecular weight is 727 g/mol. The molecule has 2 unspecified atom stereocenters. The summed E-state index contributed by atoms with van der Waals surface area (Å²) in [5.74, 6) is -0.883. The molecule has 0 bridgehead atoms. The lowest BCUT2D eigenvalue weighted by molar-refractivity contribution is -0.136. The van der Waals surface area contributed by atoms with E-state index in [2.05, 4.69) is 24.5 Å². The van der Waals surface area contributed by atoms with E-state index in [1.807, 2.05) is 0 Å². The first-order valence-electron chi connectivity index (χ1n) is 17.1. The Kier molecular flexibility index (Phi) is 32.4. The van der Waals surface area contributed by atoms with Crippen LogP contribution in [0.15, 0.2) is 0 Å². The van der Waals surface area contributed by atoms with Crippen LogP contribution in [0.2, 0.25) is 12.1 Å². The van der Waals surface area contributed by atoms with Gasteiger partial charge in [0.1, 0.15) is 13.2 Å². The van der Waals surface area contributed by atoms with E-state index in [-0.39, 0.29) is 36.9 Å². The zero-order valence-electron chi connectivity index (χ0n) is 30.9. The third-order valence-corrected chi connectivity index (χ3v) is 13.7. The minimum absolute atomic E-state index is 0.0695.